The summed E-state index contributed by atoms with van der Waals surface area (Å²) in [4.78, 5) is 23.1. The van der Waals surface area contributed by atoms with Crippen molar-refractivity contribution in [3.8, 4) is 5.82 Å². The fourth-order valence-corrected chi connectivity index (χ4v) is 4.01. The lowest BCUT2D eigenvalue weighted by atomic mass is 10.0. The Morgan fingerprint density at radius 2 is 2.10 bits per heavy atom. The number of halogens is 1. The third-order valence-corrected chi connectivity index (χ3v) is 5.42. The van der Waals surface area contributed by atoms with Crippen LogP contribution in [-0.2, 0) is 9.53 Å². The van der Waals surface area contributed by atoms with Gasteiger partial charge in [0, 0.05) is 24.3 Å². The molecule has 0 saturated carbocycles. The zero-order chi connectivity index (χ0) is 21.1. The van der Waals surface area contributed by atoms with Crippen LogP contribution in [0.5, 0.6) is 0 Å². The number of pyridine rings is 2. The van der Waals surface area contributed by atoms with Crippen molar-refractivity contribution in [2.24, 2.45) is 0 Å². The average Bonchev–Trinajstić information content (AvgIpc) is 3.34. The lowest BCUT2D eigenvalue weighted by molar-refractivity contribution is -0.143. The average molecular weight is 442 g/mol. The second-order valence-corrected chi connectivity index (χ2v) is 7.52. The summed E-state index contributed by atoms with van der Waals surface area (Å²) in [5.41, 5.74) is 1.74. The SMILES string of the molecule is CCOC(=O)CN1C(=S)NC(c2ccccn2)C1c1cccn1-c1ccc(Cl)cn1. The molecule has 2 unspecified atom stereocenters. The Kier molecular flexibility index (Phi) is 5.96. The summed E-state index contributed by atoms with van der Waals surface area (Å²) < 4.78 is 7.13. The van der Waals surface area contributed by atoms with Gasteiger partial charge >= 0.3 is 5.97 Å². The summed E-state index contributed by atoms with van der Waals surface area (Å²) in [5.74, 6) is 0.379. The van der Waals surface area contributed by atoms with Gasteiger partial charge in [0.05, 0.1) is 29.4 Å². The molecule has 7 nitrogen and oxygen atoms in total. The molecule has 4 heterocycles. The van der Waals surface area contributed by atoms with Crippen molar-refractivity contribution < 1.29 is 9.53 Å². The lowest BCUT2D eigenvalue weighted by Crippen LogP contribution is -2.36. The molecule has 9 heteroatoms. The van der Waals surface area contributed by atoms with Crippen molar-refractivity contribution in [2.45, 2.75) is 19.0 Å². The summed E-state index contributed by atoms with van der Waals surface area (Å²) in [5, 5.41) is 4.36. The topological polar surface area (TPSA) is 72.3 Å². The Morgan fingerprint density at radius 3 is 2.80 bits per heavy atom. The van der Waals surface area contributed by atoms with Crippen molar-refractivity contribution in [3.05, 3.63) is 77.5 Å². The first-order chi connectivity index (χ1) is 14.6. The van der Waals surface area contributed by atoms with Crippen LogP contribution in [0.1, 0.15) is 30.4 Å². The number of esters is 1. The van der Waals surface area contributed by atoms with E-state index in [1.54, 1.807) is 25.4 Å². The van der Waals surface area contributed by atoms with Gasteiger partial charge in [0.1, 0.15) is 12.4 Å². The predicted molar refractivity (Wildman–Crippen MR) is 117 cm³/mol. The minimum Gasteiger partial charge on any atom is -0.465 e. The lowest BCUT2D eigenvalue weighted by Gasteiger charge is -2.28. The van der Waals surface area contributed by atoms with Crippen LogP contribution in [0, 0.1) is 0 Å². The van der Waals surface area contributed by atoms with Gasteiger partial charge in [-0.3, -0.25) is 9.78 Å². The zero-order valence-electron chi connectivity index (χ0n) is 16.2. The highest BCUT2D eigenvalue weighted by Crippen LogP contribution is 2.39. The van der Waals surface area contributed by atoms with Crippen LogP contribution in [0.25, 0.3) is 5.82 Å². The molecule has 0 aromatic carbocycles. The van der Waals surface area contributed by atoms with Gasteiger partial charge in [-0.05, 0) is 55.5 Å². The Bertz CT molecular complexity index is 1040. The highest BCUT2D eigenvalue weighted by atomic mass is 35.5. The van der Waals surface area contributed by atoms with Gasteiger partial charge in [-0.2, -0.15) is 0 Å². The maximum absolute atomic E-state index is 12.3. The smallest absolute Gasteiger partial charge is 0.325 e. The van der Waals surface area contributed by atoms with Crippen LogP contribution >= 0.6 is 23.8 Å². The number of ether oxygens (including phenoxy) is 1. The number of hydrogen-bond donors (Lipinski definition) is 1. The third kappa shape index (κ3) is 4.01. The normalized spacial score (nSPS) is 18.3. The molecule has 1 saturated heterocycles. The number of rotatable bonds is 6. The minimum absolute atomic E-state index is 0.0346. The van der Waals surface area contributed by atoms with Crippen LogP contribution < -0.4 is 5.32 Å². The molecule has 1 aliphatic rings. The van der Waals surface area contributed by atoms with Crippen LogP contribution in [0.15, 0.2) is 61.1 Å². The Hall–Kier alpha value is -2.97. The van der Waals surface area contributed by atoms with Crippen molar-refractivity contribution in [1.82, 2.24) is 24.8 Å². The molecule has 4 rings (SSSR count). The van der Waals surface area contributed by atoms with Gasteiger partial charge in [-0.1, -0.05) is 17.7 Å². The van der Waals surface area contributed by atoms with E-state index in [2.05, 4.69) is 15.3 Å². The molecule has 0 spiro atoms. The summed E-state index contributed by atoms with van der Waals surface area (Å²) >= 11 is 11.6. The van der Waals surface area contributed by atoms with E-state index in [0.29, 0.717) is 22.6 Å². The van der Waals surface area contributed by atoms with Gasteiger partial charge in [-0.15, -0.1) is 0 Å². The van der Waals surface area contributed by atoms with Crippen molar-refractivity contribution in [3.63, 3.8) is 0 Å². The molecule has 1 fully saturated rings. The monoisotopic (exact) mass is 441 g/mol. The van der Waals surface area contributed by atoms with Gasteiger partial charge < -0.3 is 19.5 Å². The van der Waals surface area contributed by atoms with E-state index < -0.39 is 0 Å². The molecule has 2 atom stereocenters. The van der Waals surface area contributed by atoms with Crippen molar-refractivity contribution in [1.29, 1.82) is 0 Å². The summed E-state index contributed by atoms with van der Waals surface area (Å²) in [6, 6.07) is 12.8. The molecule has 154 valence electrons. The first kappa shape index (κ1) is 20.3. The highest BCUT2D eigenvalue weighted by molar-refractivity contribution is 7.80. The Labute approximate surface area is 184 Å². The summed E-state index contributed by atoms with van der Waals surface area (Å²) in [6.45, 7) is 2.13. The first-order valence-corrected chi connectivity index (χ1v) is 10.3. The summed E-state index contributed by atoms with van der Waals surface area (Å²) in [6.07, 6.45) is 5.26. The van der Waals surface area contributed by atoms with E-state index in [9.17, 15) is 4.79 Å². The van der Waals surface area contributed by atoms with Gasteiger partial charge in [0.15, 0.2) is 5.11 Å². The molecule has 0 aliphatic carbocycles. The number of carbonyl (C=O) groups is 1. The molecular weight excluding hydrogens is 422 g/mol. The summed E-state index contributed by atoms with van der Waals surface area (Å²) in [7, 11) is 0. The van der Waals surface area contributed by atoms with E-state index in [4.69, 9.17) is 28.6 Å². The maximum Gasteiger partial charge on any atom is 0.325 e. The van der Waals surface area contributed by atoms with Gasteiger partial charge in [-0.25, -0.2) is 4.98 Å². The molecular formula is C21H20ClN5O2S. The van der Waals surface area contributed by atoms with Crippen LogP contribution in [-0.4, -0.2) is 43.7 Å². The second kappa shape index (κ2) is 8.81. The van der Waals surface area contributed by atoms with Crippen molar-refractivity contribution >= 4 is 34.9 Å². The first-order valence-electron chi connectivity index (χ1n) is 9.51. The van der Waals surface area contributed by atoms with E-state index >= 15 is 0 Å². The Morgan fingerprint density at radius 1 is 1.23 bits per heavy atom. The van der Waals surface area contributed by atoms with Crippen LogP contribution in [0.2, 0.25) is 5.02 Å². The van der Waals surface area contributed by atoms with E-state index in [1.807, 2.05) is 52.1 Å². The molecule has 3 aromatic heterocycles. The van der Waals surface area contributed by atoms with E-state index in [-0.39, 0.29) is 24.6 Å². The quantitative estimate of drug-likeness (QED) is 0.464. The molecule has 30 heavy (non-hydrogen) atoms. The number of aromatic nitrogens is 3. The van der Waals surface area contributed by atoms with Gasteiger partial charge in [0.2, 0.25) is 0 Å². The number of thiocarbonyl (C=S) groups is 1. The minimum atomic E-state index is -0.337. The Balaban J connectivity index is 1.77. The maximum atomic E-state index is 12.3. The highest BCUT2D eigenvalue weighted by Gasteiger charge is 2.42. The fraction of sp³-hybridized carbons (Fsp3) is 0.238. The molecule has 3 aromatic rings. The van der Waals surface area contributed by atoms with Crippen molar-refractivity contribution in [2.75, 3.05) is 13.2 Å². The number of hydrogen-bond acceptors (Lipinski definition) is 5. The van der Waals surface area contributed by atoms with Crippen LogP contribution in [0.3, 0.4) is 0 Å². The standard InChI is InChI=1S/C21H20ClN5O2S/c1-2-29-18(28)13-27-20(19(25-21(27)30)15-6-3-4-10-23-15)16-7-5-11-26(16)17-9-8-14(22)12-24-17/h3-12,19-20H,2,13H2,1H3,(H,25,30). The largest absolute Gasteiger partial charge is 0.465 e. The predicted octanol–water partition coefficient (Wildman–Crippen LogP) is 3.46. The molecule has 0 bridgehead atoms. The van der Waals surface area contributed by atoms with Gasteiger partial charge in [0.25, 0.3) is 0 Å². The van der Waals surface area contributed by atoms with E-state index in [1.165, 1.54) is 0 Å². The number of carbonyl (C=O) groups excluding carboxylic acids is 1. The fourth-order valence-electron chi connectivity index (χ4n) is 3.60. The third-order valence-electron chi connectivity index (χ3n) is 4.84. The number of nitrogens with zero attached hydrogens (tertiary/aromatic N) is 4. The second-order valence-electron chi connectivity index (χ2n) is 6.70. The van der Waals surface area contributed by atoms with E-state index in [0.717, 1.165) is 11.4 Å². The molecule has 0 amide bonds. The molecule has 0 radical (unpaired) electrons. The van der Waals surface area contributed by atoms with Crippen LogP contribution in [0.4, 0.5) is 0 Å². The molecule has 1 N–H and O–H groups in total. The zero-order valence-corrected chi connectivity index (χ0v) is 17.8. The number of nitrogens with one attached hydrogen (secondary N) is 1. The molecule has 1 aliphatic heterocycles.